The first kappa shape index (κ1) is 15.5. The standard InChI is InChI=1S/C16H28O2/c1-12(13(2,3)4)10-11-15(8,14(5,6)7)16(9)17-18-16/h12H,1-9H3. The van der Waals surface area contributed by atoms with Gasteiger partial charge in [0.05, 0.1) is 5.41 Å². The molecule has 0 bridgehead atoms. The van der Waals surface area contributed by atoms with Crippen LogP contribution in [0.25, 0.3) is 0 Å². The van der Waals surface area contributed by atoms with Crippen LogP contribution in [0.4, 0.5) is 0 Å². The predicted octanol–water partition coefficient (Wildman–Crippen LogP) is 4.40. The number of rotatable bonds is 1. The zero-order valence-electron chi connectivity index (χ0n) is 13.4. The van der Waals surface area contributed by atoms with Gasteiger partial charge in [-0.1, -0.05) is 60.3 Å². The van der Waals surface area contributed by atoms with E-state index in [1.165, 1.54) is 0 Å². The van der Waals surface area contributed by atoms with Crippen molar-refractivity contribution >= 4 is 0 Å². The van der Waals surface area contributed by atoms with Crippen molar-refractivity contribution < 1.29 is 9.78 Å². The Labute approximate surface area is 112 Å². The van der Waals surface area contributed by atoms with Crippen molar-refractivity contribution in [3.63, 3.8) is 0 Å². The second kappa shape index (κ2) is 4.25. The summed E-state index contributed by atoms with van der Waals surface area (Å²) in [5.74, 6) is 6.61. The van der Waals surface area contributed by atoms with E-state index < -0.39 is 5.79 Å². The Balaban J connectivity index is 3.07. The third-order valence-electron chi connectivity index (χ3n) is 4.58. The Morgan fingerprint density at radius 2 is 1.39 bits per heavy atom. The van der Waals surface area contributed by atoms with Gasteiger partial charge in [-0.25, -0.2) is 0 Å². The highest BCUT2D eigenvalue weighted by Crippen LogP contribution is 2.55. The minimum absolute atomic E-state index is 0.0111. The molecule has 0 radical (unpaired) electrons. The summed E-state index contributed by atoms with van der Waals surface area (Å²) >= 11 is 0. The summed E-state index contributed by atoms with van der Waals surface area (Å²) in [7, 11) is 0. The fourth-order valence-corrected chi connectivity index (χ4v) is 1.68. The molecule has 2 unspecified atom stereocenters. The zero-order chi connectivity index (χ0) is 14.4. The summed E-state index contributed by atoms with van der Waals surface area (Å²) in [6.07, 6.45) is 0. The Morgan fingerprint density at radius 3 is 1.67 bits per heavy atom. The highest BCUT2D eigenvalue weighted by molar-refractivity contribution is 5.22. The van der Waals surface area contributed by atoms with Crippen LogP contribution in [0.1, 0.15) is 62.3 Å². The first-order valence-electron chi connectivity index (χ1n) is 6.73. The lowest BCUT2D eigenvalue weighted by Crippen LogP contribution is -2.43. The molecule has 0 amide bonds. The largest absolute Gasteiger partial charge is 0.247 e. The summed E-state index contributed by atoms with van der Waals surface area (Å²) in [6.45, 7) is 19.5. The van der Waals surface area contributed by atoms with Gasteiger partial charge in [0.25, 0.3) is 0 Å². The van der Waals surface area contributed by atoms with Crippen LogP contribution in [0.15, 0.2) is 0 Å². The summed E-state index contributed by atoms with van der Waals surface area (Å²) in [5.41, 5.74) is -0.139. The number of hydrogen-bond donors (Lipinski definition) is 0. The van der Waals surface area contributed by atoms with Gasteiger partial charge in [0.1, 0.15) is 0 Å². The molecule has 0 N–H and O–H groups in total. The zero-order valence-corrected chi connectivity index (χ0v) is 13.4. The van der Waals surface area contributed by atoms with E-state index in [9.17, 15) is 0 Å². The summed E-state index contributed by atoms with van der Waals surface area (Å²) in [4.78, 5) is 10.4. The van der Waals surface area contributed by atoms with Crippen LogP contribution in [0.3, 0.4) is 0 Å². The lowest BCUT2D eigenvalue weighted by atomic mass is 9.64. The summed E-state index contributed by atoms with van der Waals surface area (Å²) in [5, 5.41) is 0. The van der Waals surface area contributed by atoms with Crippen LogP contribution in [0.2, 0.25) is 0 Å². The molecular weight excluding hydrogens is 224 g/mol. The maximum atomic E-state index is 5.20. The van der Waals surface area contributed by atoms with Gasteiger partial charge >= 0.3 is 0 Å². The van der Waals surface area contributed by atoms with Gasteiger partial charge in [0.2, 0.25) is 5.79 Å². The van der Waals surface area contributed by atoms with Crippen LogP contribution >= 0.6 is 0 Å². The molecule has 1 aliphatic heterocycles. The van der Waals surface area contributed by atoms with Crippen LogP contribution in [0.5, 0.6) is 0 Å². The summed E-state index contributed by atoms with van der Waals surface area (Å²) in [6, 6.07) is 0. The fraction of sp³-hybridized carbons (Fsp3) is 0.875. The first-order chi connectivity index (χ1) is 7.83. The van der Waals surface area contributed by atoms with Crippen molar-refractivity contribution in [3.05, 3.63) is 0 Å². The van der Waals surface area contributed by atoms with E-state index in [2.05, 4.69) is 67.2 Å². The third-order valence-corrected chi connectivity index (χ3v) is 4.58. The van der Waals surface area contributed by atoms with E-state index in [4.69, 9.17) is 9.78 Å². The van der Waals surface area contributed by atoms with Crippen LogP contribution < -0.4 is 0 Å². The predicted molar refractivity (Wildman–Crippen MR) is 74.5 cm³/mol. The monoisotopic (exact) mass is 252 g/mol. The molecule has 18 heavy (non-hydrogen) atoms. The molecule has 1 aliphatic rings. The molecule has 0 spiro atoms. The molecule has 1 rings (SSSR count). The first-order valence-corrected chi connectivity index (χ1v) is 6.73. The molecule has 1 saturated heterocycles. The molecule has 1 fully saturated rings. The van der Waals surface area contributed by atoms with Crippen LogP contribution in [-0.2, 0) is 9.78 Å². The van der Waals surface area contributed by atoms with E-state index in [0.29, 0.717) is 5.92 Å². The Hall–Kier alpha value is -0.520. The molecule has 104 valence electrons. The van der Waals surface area contributed by atoms with Gasteiger partial charge in [0.15, 0.2) is 0 Å². The Bertz CT molecular complexity index is 361. The molecule has 0 saturated carbocycles. The highest BCUT2D eigenvalue weighted by atomic mass is 17.4. The SMILES string of the molecule is CC(C#CC(C)(C(C)(C)C)C1(C)OO1)C(C)(C)C. The summed E-state index contributed by atoms with van der Waals surface area (Å²) < 4.78 is 0. The average molecular weight is 252 g/mol. The van der Waals surface area contributed by atoms with Gasteiger partial charge in [-0.05, 0) is 24.7 Å². The maximum Gasteiger partial charge on any atom is 0.247 e. The van der Waals surface area contributed by atoms with Crippen molar-refractivity contribution in [1.82, 2.24) is 0 Å². The van der Waals surface area contributed by atoms with Gasteiger partial charge in [0, 0.05) is 5.92 Å². The van der Waals surface area contributed by atoms with Crippen molar-refractivity contribution in [2.75, 3.05) is 0 Å². The van der Waals surface area contributed by atoms with Gasteiger partial charge < -0.3 is 0 Å². The highest BCUT2D eigenvalue weighted by Gasteiger charge is 2.63. The fourth-order valence-electron chi connectivity index (χ4n) is 1.68. The molecule has 0 aromatic heterocycles. The van der Waals surface area contributed by atoms with Crippen molar-refractivity contribution in [2.24, 2.45) is 22.2 Å². The second-order valence-electron chi connectivity index (χ2n) is 7.84. The van der Waals surface area contributed by atoms with Gasteiger partial charge in [-0.2, -0.15) is 9.78 Å². The van der Waals surface area contributed by atoms with Crippen LogP contribution in [0, 0.1) is 34.0 Å². The van der Waals surface area contributed by atoms with Gasteiger partial charge in [-0.3, -0.25) is 0 Å². The van der Waals surface area contributed by atoms with Crippen molar-refractivity contribution in [2.45, 2.75) is 68.1 Å². The minimum atomic E-state index is -0.574. The number of hydrogen-bond acceptors (Lipinski definition) is 2. The van der Waals surface area contributed by atoms with E-state index in [-0.39, 0.29) is 16.2 Å². The van der Waals surface area contributed by atoms with E-state index in [1.54, 1.807) is 0 Å². The maximum absolute atomic E-state index is 5.20. The lowest BCUT2D eigenvalue weighted by Gasteiger charge is -2.38. The van der Waals surface area contributed by atoms with E-state index in [0.717, 1.165) is 0 Å². The lowest BCUT2D eigenvalue weighted by molar-refractivity contribution is 0.0720. The molecule has 1 heterocycles. The quantitative estimate of drug-likeness (QED) is 0.392. The molecule has 0 aliphatic carbocycles. The minimum Gasteiger partial charge on any atom is -0.193 e. The van der Waals surface area contributed by atoms with Crippen molar-refractivity contribution in [3.8, 4) is 11.8 Å². The molecular formula is C16H28O2. The topological polar surface area (TPSA) is 25.1 Å². The molecule has 2 heteroatoms. The van der Waals surface area contributed by atoms with Crippen LogP contribution in [-0.4, -0.2) is 5.79 Å². The Morgan fingerprint density at radius 1 is 0.944 bits per heavy atom. The van der Waals surface area contributed by atoms with E-state index in [1.807, 2.05) is 6.92 Å². The van der Waals surface area contributed by atoms with E-state index >= 15 is 0 Å². The molecule has 2 nitrogen and oxygen atoms in total. The second-order valence-corrected chi connectivity index (χ2v) is 7.84. The van der Waals surface area contributed by atoms with Crippen molar-refractivity contribution in [1.29, 1.82) is 0 Å². The van der Waals surface area contributed by atoms with Gasteiger partial charge in [-0.15, -0.1) is 0 Å². The molecule has 0 aromatic carbocycles. The Kier molecular flexibility index (Phi) is 3.67. The molecule has 0 aromatic rings. The average Bonchev–Trinajstić information content (AvgIpc) is 2.90. The normalized spacial score (nSPS) is 23.6. The third kappa shape index (κ3) is 2.73. The smallest absolute Gasteiger partial charge is 0.193 e. The molecule has 2 atom stereocenters.